The van der Waals surface area contributed by atoms with E-state index in [-0.39, 0.29) is 18.4 Å². The summed E-state index contributed by atoms with van der Waals surface area (Å²) in [5, 5.41) is 2.85. The summed E-state index contributed by atoms with van der Waals surface area (Å²) in [5.74, 6) is 0.500. The summed E-state index contributed by atoms with van der Waals surface area (Å²) in [6, 6.07) is 7.38. The van der Waals surface area contributed by atoms with E-state index in [1.807, 2.05) is 45.0 Å². The van der Waals surface area contributed by atoms with Gasteiger partial charge in [-0.3, -0.25) is 4.79 Å². The molecular formula is C19H29NO5. The lowest BCUT2D eigenvalue weighted by Gasteiger charge is -2.23. The molecule has 0 saturated carbocycles. The summed E-state index contributed by atoms with van der Waals surface area (Å²) >= 11 is 0. The van der Waals surface area contributed by atoms with E-state index < -0.39 is 11.7 Å². The molecule has 1 amide bonds. The summed E-state index contributed by atoms with van der Waals surface area (Å²) < 4.78 is 15.4. The first kappa shape index (κ1) is 20.8. The van der Waals surface area contributed by atoms with E-state index in [0.29, 0.717) is 19.4 Å². The standard InChI is InChI=1S/C19H29NO5/c1-6-24-17(21)12-9-15(20-18(22)25-19(2,3)4)13-14-7-10-16(23-5)11-8-14/h7-8,10-11,15H,6,9,12-13H2,1-5H3,(H,20,22)/t15-/m1/s1. The maximum atomic E-state index is 12.1. The Kier molecular flexibility index (Phi) is 8.25. The van der Waals surface area contributed by atoms with Gasteiger partial charge in [0, 0.05) is 12.5 Å². The number of alkyl carbamates (subject to hydrolysis) is 1. The minimum atomic E-state index is -0.574. The third-order valence-corrected chi connectivity index (χ3v) is 3.36. The Labute approximate surface area is 149 Å². The van der Waals surface area contributed by atoms with Crippen LogP contribution in [0, 0.1) is 0 Å². The van der Waals surface area contributed by atoms with Crippen LogP contribution in [0.15, 0.2) is 24.3 Å². The molecule has 1 aromatic carbocycles. The van der Waals surface area contributed by atoms with Gasteiger partial charge in [-0.15, -0.1) is 0 Å². The van der Waals surface area contributed by atoms with Crippen molar-refractivity contribution >= 4 is 12.1 Å². The van der Waals surface area contributed by atoms with Crippen molar-refractivity contribution in [1.82, 2.24) is 5.32 Å². The smallest absolute Gasteiger partial charge is 0.407 e. The van der Waals surface area contributed by atoms with Gasteiger partial charge in [0.05, 0.1) is 13.7 Å². The van der Waals surface area contributed by atoms with Gasteiger partial charge in [-0.25, -0.2) is 4.79 Å². The minimum absolute atomic E-state index is 0.229. The second-order valence-corrected chi connectivity index (χ2v) is 6.74. The predicted molar refractivity (Wildman–Crippen MR) is 95.7 cm³/mol. The van der Waals surface area contributed by atoms with Crippen LogP contribution in [0.25, 0.3) is 0 Å². The molecule has 25 heavy (non-hydrogen) atoms. The Morgan fingerprint density at radius 1 is 1.16 bits per heavy atom. The molecule has 1 aromatic rings. The van der Waals surface area contributed by atoms with Crippen LogP contribution in [0.2, 0.25) is 0 Å². The summed E-state index contributed by atoms with van der Waals surface area (Å²) in [6.45, 7) is 7.55. The highest BCUT2D eigenvalue weighted by Crippen LogP contribution is 2.15. The molecule has 1 N–H and O–H groups in total. The molecule has 0 saturated heterocycles. The molecule has 140 valence electrons. The number of hydrogen-bond acceptors (Lipinski definition) is 5. The molecule has 0 radical (unpaired) electrons. The lowest BCUT2D eigenvalue weighted by Crippen LogP contribution is -2.40. The summed E-state index contributed by atoms with van der Waals surface area (Å²) in [6.07, 6.45) is 0.812. The molecule has 0 bridgehead atoms. The molecule has 0 fully saturated rings. The SMILES string of the molecule is CCOC(=O)CC[C@H](Cc1ccc(OC)cc1)NC(=O)OC(C)(C)C. The average molecular weight is 351 g/mol. The monoisotopic (exact) mass is 351 g/mol. The third-order valence-electron chi connectivity index (χ3n) is 3.36. The molecule has 6 heteroatoms. The Morgan fingerprint density at radius 2 is 1.80 bits per heavy atom. The lowest BCUT2D eigenvalue weighted by atomic mass is 10.0. The van der Waals surface area contributed by atoms with Crippen molar-refractivity contribution in [2.24, 2.45) is 0 Å². The van der Waals surface area contributed by atoms with Gasteiger partial charge in [0.25, 0.3) is 0 Å². The van der Waals surface area contributed by atoms with E-state index in [4.69, 9.17) is 14.2 Å². The van der Waals surface area contributed by atoms with Crippen LogP contribution in [-0.4, -0.2) is 37.4 Å². The fourth-order valence-corrected chi connectivity index (χ4v) is 2.27. The molecule has 0 unspecified atom stereocenters. The number of amides is 1. The van der Waals surface area contributed by atoms with Crippen molar-refractivity contribution in [3.63, 3.8) is 0 Å². The number of rotatable bonds is 8. The molecule has 0 aliphatic heterocycles. The van der Waals surface area contributed by atoms with Gasteiger partial charge in [-0.05, 0) is 58.2 Å². The molecular weight excluding hydrogens is 322 g/mol. The maximum Gasteiger partial charge on any atom is 0.407 e. The first-order chi connectivity index (χ1) is 11.7. The molecule has 0 aromatic heterocycles. The normalized spacial score (nSPS) is 12.2. The highest BCUT2D eigenvalue weighted by atomic mass is 16.6. The minimum Gasteiger partial charge on any atom is -0.497 e. The van der Waals surface area contributed by atoms with Crippen LogP contribution in [0.4, 0.5) is 4.79 Å². The number of benzene rings is 1. The second-order valence-electron chi connectivity index (χ2n) is 6.74. The van der Waals surface area contributed by atoms with Crippen LogP contribution >= 0.6 is 0 Å². The fraction of sp³-hybridized carbons (Fsp3) is 0.579. The molecule has 6 nitrogen and oxygen atoms in total. The Hall–Kier alpha value is -2.24. The van der Waals surface area contributed by atoms with Gasteiger partial charge in [0.1, 0.15) is 11.4 Å². The van der Waals surface area contributed by atoms with Gasteiger partial charge in [0.15, 0.2) is 0 Å². The number of carbonyl (C=O) groups excluding carboxylic acids is 2. The summed E-state index contributed by atoms with van der Waals surface area (Å²) in [4.78, 5) is 23.7. The lowest BCUT2D eigenvalue weighted by molar-refractivity contribution is -0.143. The molecule has 0 spiro atoms. The largest absolute Gasteiger partial charge is 0.497 e. The van der Waals surface area contributed by atoms with Crippen molar-refractivity contribution in [1.29, 1.82) is 0 Å². The first-order valence-corrected chi connectivity index (χ1v) is 8.51. The molecule has 0 heterocycles. The number of ether oxygens (including phenoxy) is 3. The second kappa shape index (κ2) is 9.91. The highest BCUT2D eigenvalue weighted by molar-refractivity contribution is 5.70. The average Bonchev–Trinajstić information content (AvgIpc) is 2.52. The zero-order chi connectivity index (χ0) is 18.9. The van der Waals surface area contributed by atoms with Gasteiger partial charge < -0.3 is 19.5 Å². The van der Waals surface area contributed by atoms with Crippen LogP contribution in [0.1, 0.15) is 46.1 Å². The van der Waals surface area contributed by atoms with E-state index in [9.17, 15) is 9.59 Å². The highest BCUT2D eigenvalue weighted by Gasteiger charge is 2.20. The van der Waals surface area contributed by atoms with Crippen LogP contribution < -0.4 is 10.1 Å². The van der Waals surface area contributed by atoms with Gasteiger partial charge in [-0.1, -0.05) is 12.1 Å². The Morgan fingerprint density at radius 3 is 2.32 bits per heavy atom. The Balaban J connectivity index is 2.71. The van der Waals surface area contributed by atoms with Crippen molar-refractivity contribution in [3.05, 3.63) is 29.8 Å². The van der Waals surface area contributed by atoms with Crippen LogP contribution in [0.5, 0.6) is 5.75 Å². The number of esters is 1. The first-order valence-electron chi connectivity index (χ1n) is 8.51. The molecule has 0 aliphatic carbocycles. The van der Waals surface area contributed by atoms with Crippen LogP contribution in [-0.2, 0) is 20.7 Å². The molecule has 0 aliphatic rings. The summed E-state index contributed by atoms with van der Waals surface area (Å²) in [5.41, 5.74) is 0.460. The van der Waals surface area contributed by atoms with E-state index >= 15 is 0 Å². The van der Waals surface area contributed by atoms with Gasteiger partial charge in [-0.2, -0.15) is 0 Å². The van der Waals surface area contributed by atoms with E-state index in [0.717, 1.165) is 11.3 Å². The summed E-state index contributed by atoms with van der Waals surface area (Å²) in [7, 11) is 1.61. The van der Waals surface area contributed by atoms with Crippen molar-refractivity contribution in [2.45, 2.75) is 58.6 Å². The number of methoxy groups -OCH3 is 1. The van der Waals surface area contributed by atoms with Crippen LogP contribution in [0.3, 0.4) is 0 Å². The van der Waals surface area contributed by atoms with Gasteiger partial charge in [0.2, 0.25) is 0 Å². The van der Waals surface area contributed by atoms with E-state index in [1.165, 1.54) is 0 Å². The van der Waals surface area contributed by atoms with Crippen molar-refractivity contribution in [2.75, 3.05) is 13.7 Å². The van der Waals surface area contributed by atoms with Crippen molar-refractivity contribution < 1.29 is 23.8 Å². The number of hydrogen-bond donors (Lipinski definition) is 1. The topological polar surface area (TPSA) is 73.9 Å². The number of carbonyl (C=O) groups is 2. The molecule has 1 atom stereocenters. The maximum absolute atomic E-state index is 12.1. The zero-order valence-corrected chi connectivity index (χ0v) is 15.8. The predicted octanol–water partition coefficient (Wildman–Crippen LogP) is 3.47. The fourth-order valence-electron chi connectivity index (χ4n) is 2.27. The van der Waals surface area contributed by atoms with Crippen molar-refractivity contribution in [3.8, 4) is 5.75 Å². The van der Waals surface area contributed by atoms with E-state index in [1.54, 1.807) is 14.0 Å². The number of nitrogens with one attached hydrogen (secondary N) is 1. The molecule has 1 rings (SSSR count). The third kappa shape index (κ3) is 8.98. The zero-order valence-electron chi connectivity index (χ0n) is 15.8. The Bertz CT molecular complexity index is 548. The van der Waals surface area contributed by atoms with Gasteiger partial charge >= 0.3 is 12.1 Å². The quantitative estimate of drug-likeness (QED) is 0.726. The van der Waals surface area contributed by atoms with E-state index in [2.05, 4.69) is 5.32 Å².